The average Bonchev–Trinajstić information content (AvgIpc) is 2.38. The van der Waals surface area contributed by atoms with Crippen LogP contribution < -0.4 is 16.0 Å². The lowest BCUT2D eigenvalue weighted by molar-refractivity contribution is 0.256. The van der Waals surface area contributed by atoms with Gasteiger partial charge in [0.05, 0.1) is 0 Å². The third-order valence-corrected chi connectivity index (χ3v) is 2.49. The summed E-state index contributed by atoms with van der Waals surface area (Å²) in [6.45, 7) is 0. The lowest BCUT2D eigenvalue weighted by atomic mass is 9.83. The van der Waals surface area contributed by atoms with E-state index in [-0.39, 0.29) is 6.03 Å². The molecule has 89 valence electrons. The molecule has 2 aromatic carbocycles. The van der Waals surface area contributed by atoms with E-state index in [2.05, 4.69) is 10.5 Å². The van der Waals surface area contributed by atoms with Crippen LogP contribution in [0.25, 0.3) is 0 Å². The van der Waals surface area contributed by atoms with Crippen LogP contribution >= 0.6 is 11.6 Å². The summed E-state index contributed by atoms with van der Waals surface area (Å²) in [5.41, 5.74) is 1.58. The second kappa shape index (κ2) is 6.12. The minimum atomic E-state index is -0.305. The Hall–Kier alpha value is -1.94. The predicted molar refractivity (Wildman–Crippen MR) is 75.4 cm³/mol. The van der Waals surface area contributed by atoms with Gasteiger partial charge in [-0.1, -0.05) is 53.5 Å². The maximum absolute atomic E-state index is 11.6. The van der Waals surface area contributed by atoms with Crippen molar-refractivity contribution in [2.75, 3.05) is 5.32 Å². The normalized spacial score (nSPS) is 9.61. The average molecular weight is 258 g/mol. The van der Waals surface area contributed by atoms with Crippen LogP contribution in [0.3, 0.4) is 0 Å². The molecular formula is C13H11BClN2O. The van der Waals surface area contributed by atoms with E-state index in [1.54, 1.807) is 31.7 Å². The van der Waals surface area contributed by atoms with Crippen LogP contribution in [0.15, 0.2) is 54.6 Å². The topological polar surface area (TPSA) is 41.1 Å². The fraction of sp³-hybridized carbons (Fsp3) is 0. The SMILES string of the molecule is O=C(N[B]c1ccccc1)Nc1cccc(Cl)c1. The molecule has 2 amide bonds. The predicted octanol–water partition coefficient (Wildman–Crippen LogP) is 2.41. The number of halogens is 1. The van der Waals surface area contributed by atoms with Crippen molar-refractivity contribution >= 4 is 36.2 Å². The molecule has 0 atom stereocenters. The van der Waals surface area contributed by atoms with E-state index in [1.165, 1.54) is 0 Å². The van der Waals surface area contributed by atoms with E-state index < -0.39 is 0 Å². The molecule has 3 nitrogen and oxygen atoms in total. The Morgan fingerprint density at radius 1 is 1.06 bits per heavy atom. The summed E-state index contributed by atoms with van der Waals surface area (Å²) in [5, 5.41) is 5.92. The molecule has 0 spiro atoms. The fourth-order valence-corrected chi connectivity index (χ4v) is 1.62. The number of hydrogen-bond acceptors (Lipinski definition) is 1. The molecule has 0 aromatic heterocycles. The molecule has 5 heteroatoms. The van der Waals surface area contributed by atoms with Crippen molar-refractivity contribution in [3.63, 3.8) is 0 Å². The van der Waals surface area contributed by atoms with E-state index in [0.29, 0.717) is 10.7 Å². The van der Waals surface area contributed by atoms with Gasteiger partial charge >= 0.3 is 6.03 Å². The lowest BCUT2D eigenvalue weighted by Crippen LogP contribution is -2.38. The maximum atomic E-state index is 11.6. The van der Waals surface area contributed by atoms with Crippen LogP contribution in [-0.4, -0.2) is 13.4 Å². The van der Waals surface area contributed by atoms with Gasteiger partial charge in [0.2, 0.25) is 0 Å². The summed E-state index contributed by atoms with van der Waals surface area (Å²) < 4.78 is 0. The summed E-state index contributed by atoms with van der Waals surface area (Å²) in [4.78, 5) is 11.6. The van der Waals surface area contributed by atoms with Crippen molar-refractivity contribution in [3.05, 3.63) is 59.6 Å². The zero-order valence-corrected chi connectivity index (χ0v) is 10.3. The van der Waals surface area contributed by atoms with Gasteiger partial charge in [-0.05, 0) is 18.2 Å². The molecule has 0 heterocycles. The van der Waals surface area contributed by atoms with Crippen molar-refractivity contribution in [3.8, 4) is 0 Å². The van der Waals surface area contributed by atoms with Gasteiger partial charge in [0.25, 0.3) is 7.41 Å². The first-order valence-corrected chi connectivity index (χ1v) is 5.83. The Morgan fingerprint density at radius 3 is 2.56 bits per heavy atom. The Labute approximate surface area is 111 Å². The monoisotopic (exact) mass is 257 g/mol. The fourth-order valence-electron chi connectivity index (χ4n) is 1.43. The van der Waals surface area contributed by atoms with E-state index in [9.17, 15) is 4.79 Å². The number of anilines is 1. The van der Waals surface area contributed by atoms with Crippen molar-refractivity contribution in [1.29, 1.82) is 0 Å². The first-order valence-electron chi connectivity index (χ1n) is 5.45. The van der Waals surface area contributed by atoms with Gasteiger partial charge in [0.1, 0.15) is 0 Å². The summed E-state index contributed by atoms with van der Waals surface area (Å²) >= 11 is 5.82. The number of carbonyl (C=O) groups excluding carboxylic acids is 1. The molecular weight excluding hydrogens is 246 g/mol. The molecule has 2 rings (SSSR count). The zero-order chi connectivity index (χ0) is 12.8. The van der Waals surface area contributed by atoms with Crippen molar-refractivity contribution in [2.24, 2.45) is 0 Å². The number of hydrogen-bond donors (Lipinski definition) is 2. The van der Waals surface area contributed by atoms with Crippen LogP contribution in [0.2, 0.25) is 5.02 Å². The highest BCUT2D eigenvalue weighted by molar-refractivity contribution is 6.54. The molecule has 0 fully saturated rings. The maximum Gasteiger partial charge on any atom is 0.307 e. The highest BCUT2D eigenvalue weighted by Crippen LogP contribution is 2.14. The number of rotatable bonds is 3. The molecule has 0 bridgehead atoms. The first kappa shape index (κ1) is 12.5. The van der Waals surface area contributed by atoms with Crippen molar-refractivity contribution < 1.29 is 4.79 Å². The minimum absolute atomic E-state index is 0.305. The van der Waals surface area contributed by atoms with Gasteiger partial charge < -0.3 is 10.5 Å². The third-order valence-electron chi connectivity index (χ3n) is 2.25. The molecule has 0 unspecified atom stereocenters. The number of benzene rings is 2. The van der Waals surface area contributed by atoms with E-state index in [1.807, 2.05) is 30.3 Å². The molecule has 0 aliphatic heterocycles. The molecule has 18 heavy (non-hydrogen) atoms. The van der Waals surface area contributed by atoms with Gasteiger partial charge in [0, 0.05) is 10.7 Å². The number of amides is 2. The van der Waals surface area contributed by atoms with Crippen molar-refractivity contribution in [1.82, 2.24) is 5.23 Å². The Morgan fingerprint density at radius 2 is 1.83 bits per heavy atom. The highest BCUT2D eigenvalue weighted by Gasteiger charge is 2.03. The van der Waals surface area contributed by atoms with Gasteiger partial charge in [-0.15, -0.1) is 0 Å². The molecule has 0 saturated carbocycles. The Balaban J connectivity index is 1.86. The number of carbonyl (C=O) groups is 1. The highest BCUT2D eigenvalue weighted by atomic mass is 35.5. The third kappa shape index (κ3) is 3.82. The summed E-state index contributed by atoms with van der Waals surface area (Å²) in [6.07, 6.45) is 0. The van der Waals surface area contributed by atoms with Gasteiger partial charge in [-0.25, -0.2) is 4.79 Å². The number of urea groups is 1. The second-order valence-corrected chi connectivity index (χ2v) is 4.10. The summed E-state index contributed by atoms with van der Waals surface area (Å²) in [6, 6.07) is 16.2. The van der Waals surface area contributed by atoms with Crippen LogP contribution in [0.5, 0.6) is 0 Å². The first-order chi connectivity index (χ1) is 8.74. The number of nitrogens with one attached hydrogen (secondary N) is 2. The van der Waals surface area contributed by atoms with Gasteiger partial charge in [-0.2, -0.15) is 0 Å². The van der Waals surface area contributed by atoms with Crippen LogP contribution in [0, 0.1) is 0 Å². The smallest absolute Gasteiger partial charge is 0.307 e. The standard InChI is InChI=1S/C13H11BClN2O/c15-11-7-4-8-12(9-11)16-13(18)17-14-10-5-2-1-3-6-10/h1-9H,(H2,16,17,18). The van der Waals surface area contributed by atoms with Crippen LogP contribution in [0.1, 0.15) is 0 Å². The lowest BCUT2D eigenvalue weighted by Gasteiger charge is -2.06. The van der Waals surface area contributed by atoms with Crippen LogP contribution in [-0.2, 0) is 0 Å². The molecule has 0 aliphatic carbocycles. The van der Waals surface area contributed by atoms with Gasteiger partial charge in [0.15, 0.2) is 0 Å². The van der Waals surface area contributed by atoms with Crippen LogP contribution in [0.4, 0.5) is 10.5 Å². The molecule has 0 saturated heterocycles. The van der Waals surface area contributed by atoms with Crippen molar-refractivity contribution in [2.45, 2.75) is 0 Å². The van der Waals surface area contributed by atoms with Gasteiger partial charge in [-0.3, -0.25) is 0 Å². The van der Waals surface area contributed by atoms with E-state index in [0.717, 1.165) is 5.46 Å². The minimum Gasteiger partial charge on any atom is -0.380 e. The van der Waals surface area contributed by atoms with E-state index >= 15 is 0 Å². The Kier molecular flexibility index (Phi) is 4.26. The zero-order valence-electron chi connectivity index (χ0n) is 9.56. The molecule has 2 aromatic rings. The quantitative estimate of drug-likeness (QED) is 0.815. The summed E-state index contributed by atoms with van der Waals surface area (Å²) in [7, 11) is 1.64. The molecule has 1 radical (unpaired) electrons. The molecule has 0 aliphatic rings. The summed E-state index contributed by atoms with van der Waals surface area (Å²) in [5.74, 6) is 0. The second-order valence-electron chi connectivity index (χ2n) is 3.66. The van der Waals surface area contributed by atoms with E-state index in [4.69, 9.17) is 11.6 Å². The molecule has 2 N–H and O–H groups in total. The largest absolute Gasteiger partial charge is 0.380 e. The Bertz CT molecular complexity index is 534.